The molecular formula is C95H69Br2IN4. The Balaban J connectivity index is 0.000000115. The SMILES string of the molecule is Brc1ccc(-n2c3ccccc3c3ccccc32)cc1.Brc1ccc(I)cc1.[2HH].c1ccc(-c2ccc(-c3cc4ccccc4[nH]3)cc2)cc1.c1ccc(-c2ccc(-c3cc4ccccc4n3-c3ccc(-n4c5ccccc5c5ccccc54)cc3)cc2)cc1.c1ccc2c(c1)Cc1ccccc1-2. The monoisotopic (exact) mass is 1550 g/mol. The molecule has 0 saturated carbocycles. The number of benzene rings is 15. The van der Waals surface area contributed by atoms with Crippen molar-refractivity contribution in [2.45, 2.75) is 6.42 Å². The number of aromatic nitrogens is 4. The number of hydrogen-bond donors (Lipinski definition) is 1. The summed E-state index contributed by atoms with van der Waals surface area (Å²) in [6, 6.07) is 137. The molecule has 0 atom stereocenters. The summed E-state index contributed by atoms with van der Waals surface area (Å²) in [4.78, 5) is 3.47. The molecule has 0 amide bonds. The fourth-order valence-corrected chi connectivity index (χ4v) is 15.0. The number of rotatable bonds is 7. The van der Waals surface area contributed by atoms with Gasteiger partial charge in [0.2, 0.25) is 0 Å². The average molecular weight is 1550 g/mol. The van der Waals surface area contributed by atoms with Gasteiger partial charge in [0.05, 0.1) is 33.3 Å². The van der Waals surface area contributed by atoms with Crippen LogP contribution in [0.2, 0.25) is 0 Å². The molecule has 15 aromatic carbocycles. The van der Waals surface area contributed by atoms with Gasteiger partial charge in [0.1, 0.15) is 0 Å². The van der Waals surface area contributed by atoms with Crippen molar-refractivity contribution in [2.24, 2.45) is 0 Å². The average Bonchev–Trinajstić information content (AvgIpc) is 1.60. The van der Waals surface area contributed by atoms with Crippen LogP contribution in [0.15, 0.2) is 397 Å². The van der Waals surface area contributed by atoms with Crippen molar-refractivity contribution in [1.82, 2.24) is 18.7 Å². The minimum atomic E-state index is 0. The molecule has 0 radical (unpaired) electrons. The van der Waals surface area contributed by atoms with Crippen LogP contribution in [0, 0.1) is 3.57 Å². The summed E-state index contributed by atoms with van der Waals surface area (Å²) >= 11 is 9.12. The summed E-state index contributed by atoms with van der Waals surface area (Å²) in [5.41, 5.74) is 26.3. The van der Waals surface area contributed by atoms with Crippen LogP contribution in [0.25, 0.3) is 138 Å². The second kappa shape index (κ2) is 29.9. The maximum absolute atomic E-state index is 3.50. The minimum Gasteiger partial charge on any atom is -0.355 e. The first-order valence-electron chi connectivity index (χ1n) is 34.2. The lowest BCUT2D eigenvalue weighted by molar-refractivity contribution is 1.12. The summed E-state index contributed by atoms with van der Waals surface area (Å²) < 4.78 is 10.6. The van der Waals surface area contributed by atoms with Crippen LogP contribution in [0.3, 0.4) is 0 Å². The highest BCUT2D eigenvalue weighted by Gasteiger charge is 2.18. The zero-order valence-electron chi connectivity index (χ0n) is 55.6. The van der Waals surface area contributed by atoms with E-state index in [-0.39, 0.29) is 1.43 Å². The predicted molar refractivity (Wildman–Crippen MR) is 450 cm³/mol. The minimum absolute atomic E-state index is 0. The number of nitrogens with one attached hydrogen (secondary N) is 1. The molecular weight excluding hydrogens is 1480 g/mol. The molecule has 1 aliphatic carbocycles. The lowest BCUT2D eigenvalue weighted by Gasteiger charge is -2.14. The van der Waals surface area contributed by atoms with E-state index < -0.39 is 0 Å². The van der Waals surface area contributed by atoms with Crippen LogP contribution in [0.5, 0.6) is 0 Å². The number of para-hydroxylation sites is 6. The van der Waals surface area contributed by atoms with Crippen LogP contribution >= 0.6 is 54.5 Å². The van der Waals surface area contributed by atoms with E-state index in [0.717, 1.165) is 32.4 Å². The summed E-state index contributed by atoms with van der Waals surface area (Å²) in [6.45, 7) is 0. The van der Waals surface area contributed by atoms with Gasteiger partial charge >= 0.3 is 0 Å². The van der Waals surface area contributed by atoms with Gasteiger partial charge in [-0.15, -0.1) is 0 Å². The van der Waals surface area contributed by atoms with Gasteiger partial charge in [-0.3, -0.25) is 0 Å². The molecule has 4 nitrogen and oxygen atoms in total. The maximum Gasteiger partial charge on any atom is 0.0541 e. The number of fused-ring (bicyclic) bond motifs is 11. The topological polar surface area (TPSA) is 30.6 Å². The Hall–Kier alpha value is -11.3. The second-order valence-corrected chi connectivity index (χ2v) is 28.3. The Morgan fingerprint density at radius 1 is 0.275 bits per heavy atom. The highest BCUT2D eigenvalue weighted by atomic mass is 127. The van der Waals surface area contributed by atoms with Crippen molar-refractivity contribution in [3.63, 3.8) is 0 Å². The maximum atomic E-state index is 3.50. The highest BCUT2D eigenvalue weighted by molar-refractivity contribution is 14.1. The van der Waals surface area contributed by atoms with E-state index in [1.807, 2.05) is 18.2 Å². The zero-order chi connectivity index (χ0) is 68.7. The molecule has 102 heavy (non-hydrogen) atoms. The molecule has 1 aliphatic rings. The van der Waals surface area contributed by atoms with Gasteiger partial charge in [0.25, 0.3) is 0 Å². The van der Waals surface area contributed by atoms with Gasteiger partial charge in [-0.05, 0) is 206 Å². The molecule has 4 aromatic heterocycles. The molecule has 490 valence electrons. The van der Waals surface area contributed by atoms with Crippen LogP contribution in [0.4, 0.5) is 0 Å². The Morgan fingerprint density at radius 2 is 0.618 bits per heavy atom. The highest BCUT2D eigenvalue weighted by Crippen LogP contribution is 2.39. The third kappa shape index (κ3) is 13.7. The number of hydrogen-bond acceptors (Lipinski definition) is 0. The van der Waals surface area contributed by atoms with Crippen molar-refractivity contribution < 1.29 is 1.43 Å². The fourth-order valence-electron chi connectivity index (χ4n) is 14.1. The first kappa shape index (κ1) is 65.3. The van der Waals surface area contributed by atoms with Gasteiger partial charge in [-0.2, -0.15) is 0 Å². The number of H-pyrrole nitrogens is 1. The first-order chi connectivity index (χ1) is 50.3. The van der Waals surface area contributed by atoms with E-state index in [0.29, 0.717) is 0 Å². The number of halogens is 3. The van der Waals surface area contributed by atoms with E-state index >= 15 is 0 Å². The molecule has 1 N–H and O–H groups in total. The molecule has 4 heterocycles. The standard InChI is InChI=1S/C38H26N2.C20H15N.C18H12BrN.C13H10.C6H4BrI.H2/c1-2-10-27(11-3-1)28-18-20-29(21-19-28)38-26-30-12-4-7-15-35(30)39(38)31-22-24-32(25-23-31)40-36-16-8-5-13-33(36)34-14-6-9-17-37(34)40;1-2-6-15(7-3-1)16-10-12-17(13-11-16)20-14-18-8-4-5-9-19(18)21-20;19-13-9-11-14(12-10-13)20-17-7-3-1-5-15(17)16-6-2-4-8-18(16)20;1-3-7-12-10(5-1)9-11-6-2-4-8-13(11)12;7-5-1-3-6(8)4-2-5;/h1-26H;1-14,21H;1-12H;1-8H,9H2;1-4H;1H/i;;;;;1+1. The number of aromatic amines is 1. The molecule has 7 heteroatoms. The zero-order valence-corrected chi connectivity index (χ0v) is 61.0. The van der Waals surface area contributed by atoms with Crippen molar-refractivity contribution >= 4 is 120 Å². The van der Waals surface area contributed by atoms with E-state index in [4.69, 9.17) is 0 Å². The lowest BCUT2D eigenvalue weighted by atomic mass is 10.0. The summed E-state index contributed by atoms with van der Waals surface area (Å²) in [5, 5.41) is 7.63. The Morgan fingerprint density at radius 3 is 1.08 bits per heavy atom. The summed E-state index contributed by atoms with van der Waals surface area (Å²) in [6.07, 6.45) is 1.10. The molecule has 0 saturated heterocycles. The summed E-state index contributed by atoms with van der Waals surface area (Å²) in [7, 11) is 0. The molecule has 0 unspecified atom stereocenters. The molecule has 20 rings (SSSR count). The van der Waals surface area contributed by atoms with E-state index in [9.17, 15) is 0 Å². The van der Waals surface area contributed by atoms with Gasteiger partial charge < -0.3 is 18.7 Å². The molecule has 0 aliphatic heterocycles. The van der Waals surface area contributed by atoms with Gasteiger partial charge in [-0.25, -0.2) is 0 Å². The van der Waals surface area contributed by atoms with Crippen LogP contribution in [0.1, 0.15) is 12.6 Å². The predicted octanol–water partition coefficient (Wildman–Crippen LogP) is 27.7. The Labute approximate surface area is 626 Å². The number of nitrogens with zero attached hydrogens (tertiary/aromatic N) is 3. The van der Waals surface area contributed by atoms with Crippen molar-refractivity contribution in [2.75, 3.05) is 0 Å². The smallest absolute Gasteiger partial charge is 0.0541 e. The molecule has 0 spiro atoms. The normalized spacial score (nSPS) is 11.2. The van der Waals surface area contributed by atoms with E-state index in [2.05, 4.69) is 443 Å². The first-order valence-corrected chi connectivity index (χ1v) is 36.9. The van der Waals surface area contributed by atoms with Crippen LogP contribution < -0.4 is 0 Å². The molecule has 0 fully saturated rings. The van der Waals surface area contributed by atoms with E-state index in [1.54, 1.807) is 0 Å². The quantitative estimate of drug-likeness (QED) is 0.154. The van der Waals surface area contributed by atoms with E-state index in [1.165, 1.54) is 136 Å². The molecule has 19 aromatic rings. The fraction of sp³-hybridized carbons (Fsp3) is 0.0105. The van der Waals surface area contributed by atoms with Crippen LogP contribution in [-0.2, 0) is 6.42 Å². The van der Waals surface area contributed by atoms with Gasteiger partial charge in [-0.1, -0.05) is 299 Å². The third-order valence-corrected chi connectivity index (χ3v) is 20.7. The Bertz CT molecular complexity index is 5900. The lowest BCUT2D eigenvalue weighted by Crippen LogP contribution is -1.99. The Kier molecular flexibility index (Phi) is 19.1. The second-order valence-electron chi connectivity index (χ2n) is 25.2. The molecule has 0 bridgehead atoms. The van der Waals surface area contributed by atoms with Gasteiger partial charge in [0, 0.05) is 74.5 Å². The van der Waals surface area contributed by atoms with Gasteiger partial charge in [0.15, 0.2) is 0 Å². The summed E-state index contributed by atoms with van der Waals surface area (Å²) in [5.74, 6) is 0. The van der Waals surface area contributed by atoms with Crippen LogP contribution in [-0.4, -0.2) is 18.7 Å². The third-order valence-electron chi connectivity index (χ3n) is 19.0. The van der Waals surface area contributed by atoms with Crippen molar-refractivity contribution in [1.29, 1.82) is 0 Å². The van der Waals surface area contributed by atoms with Crippen molar-refractivity contribution in [3.8, 4) is 73.0 Å². The van der Waals surface area contributed by atoms with Crippen molar-refractivity contribution in [3.05, 3.63) is 412 Å². The largest absolute Gasteiger partial charge is 0.355 e.